The van der Waals surface area contributed by atoms with Crippen LogP contribution in [0.2, 0.25) is 0 Å². The van der Waals surface area contributed by atoms with Crippen LogP contribution >= 0.6 is 24.0 Å². The molecular formula is C16H18N4O3S2. The van der Waals surface area contributed by atoms with Gasteiger partial charge in [0.15, 0.2) is 5.11 Å². The van der Waals surface area contributed by atoms with E-state index in [4.69, 9.17) is 12.2 Å². The van der Waals surface area contributed by atoms with Gasteiger partial charge in [-0.15, -0.1) is 11.8 Å². The molecular weight excluding hydrogens is 360 g/mol. The van der Waals surface area contributed by atoms with E-state index in [1.807, 2.05) is 0 Å². The van der Waals surface area contributed by atoms with Crippen LogP contribution in [-0.4, -0.2) is 27.7 Å². The van der Waals surface area contributed by atoms with Crippen molar-refractivity contribution in [2.45, 2.75) is 23.8 Å². The number of benzene rings is 1. The van der Waals surface area contributed by atoms with E-state index in [1.54, 1.807) is 18.2 Å². The lowest BCUT2D eigenvalue weighted by Crippen LogP contribution is -2.50. The van der Waals surface area contributed by atoms with Crippen molar-refractivity contribution in [1.82, 2.24) is 16.2 Å². The van der Waals surface area contributed by atoms with Gasteiger partial charge in [0.25, 0.3) is 5.69 Å². The van der Waals surface area contributed by atoms with Crippen molar-refractivity contribution < 1.29 is 9.72 Å². The lowest BCUT2D eigenvalue weighted by molar-refractivity contribution is -0.387. The van der Waals surface area contributed by atoms with Crippen molar-refractivity contribution in [3.05, 3.63) is 46.5 Å². The molecule has 0 saturated heterocycles. The van der Waals surface area contributed by atoms with E-state index in [2.05, 4.69) is 28.3 Å². The maximum Gasteiger partial charge on any atom is 0.282 e. The summed E-state index contributed by atoms with van der Waals surface area (Å²) in [6, 6.07) is 6.65. The first-order valence-electron chi connectivity index (χ1n) is 7.93. The fraction of sp³-hybridized carbons (Fsp3) is 0.375. The predicted molar refractivity (Wildman–Crippen MR) is 100.0 cm³/mol. The summed E-state index contributed by atoms with van der Waals surface area (Å²) < 4.78 is 0. The van der Waals surface area contributed by atoms with Crippen LogP contribution in [-0.2, 0) is 4.79 Å². The Morgan fingerprint density at radius 3 is 2.76 bits per heavy atom. The van der Waals surface area contributed by atoms with Crippen LogP contribution in [0.4, 0.5) is 5.69 Å². The van der Waals surface area contributed by atoms with E-state index in [0.29, 0.717) is 27.9 Å². The number of thiocarbonyl (C=S) groups is 1. The minimum atomic E-state index is -0.457. The number of nitro groups is 1. The summed E-state index contributed by atoms with van der Waals surface area (Å²) >= 11 is 6.31. The number of allylic oxidation sites excluding steroid dienone is 1. The average molecular weight is 378 g/mol. The number of amides is 1. The topological polar surface area (TPSA) is 96.3 Å². The number of rotatable bonds is 5. The number of carbonyl (C=O) groups is 1. The van der Waals surface area contributed by atoms with Crippen molar-refractivity contribution in [1.29, 1.82) is 0 Å². The molecule has 2 aliphatic carbocycles. The number of fused-ring (bicyclic) bond motifs is 2. The Balaban J connectivity index is 1.40. The highest BCUT2D eigenvalue weighted by Gasteiger charge is 2.35. The minimum absolute atomic E-state index is 0.00483. The molecule has 1 saturated carbocycles. The molecule has 0 heterocycles. The molecule has 1 aromatic carbocycles. The molecule has 1 aromatic rings. The Hall–Kier alpha value is -2.13. The number of nitro benzene ring substituents is 1. The summed E-state index contributed by atoms with van der Waals surface area (Å²) in [7, 11) is 0. The SMILES string of the molecule is O=C(CSc1ccccc1[N+](=O)[O-])NNC(=S)N[C@H]1C[C@H]2C=C[C@@H]1C2. The average Bonchev–Trinajstić information content (AvgIpc) is 3.21. The van der Waals surface area contributed by atoms with Gasteiger partial charge in [0.1, 0.15) is 0 Å². The molecule has 0 unspecified atom stereocenters. The van der Waals surface area contributed by atoms with Crippen LogP contribution in [0.3, 0.4) is 0 Å². The second kappa shape index (κ2) is 7.83. The first-order valence-corrected chi connectivity index (χ1v) is 9.32. The second-order valence-corrected chi connectivity index (χ2v) is 7.47. The third-order valence-corrected chi connectivity index (χ3v) is 5.61. The number of thioether (sulfide) groups is 1. The Labute approximate surface area is 154 Å². The molecule has 1 amide bonds. The maximum absolute atomic E-state index is 11.9. The summed E-state index contributed by atoms with van der Waals surface area (Å²) in [6.07, 6.45) is 6.70. The fourth-order valence-electron chi connectivity index (χ4n) is 3.19. The van der Waals surface area contributed by atoms with E-state index < -0.39 is 4.92 Å². The molecule has 3 atom stereocenters. The van der Waals surface area contributed by atoms with Gasteiger partial charge in [-0.05, 0) is 43.0 Å². The third-order valence-electron chi connectivity index (χ3n) is 4.33. The maximum atomic E-state index is 11.9. The fourth-order valence-corrected chi connectivity index (χ4v) is 4.21. The van der Waals surface area contributed by atoms with E-state index in [1.165, 1.54) is 12.5 Å². The summed E-state index contributed by atoms with van der Waals surface area (Å²) in [5, 5.41) is 14.6. The number of carbonyl (C=O) groups excluding carboxylic acids is 1. The molecule has 0 spiro atoms. The van der Waals surface area contributed by atoms with Crippen molar-refractivity contribution in [2.24, 2.45) is 11.8 Å². The van der Waals surface area contributed by atoms with Crippen LogP contribution in [0, 0.1) is 22.0 Å². The number of hydrazine groups is 1. The quantitative estimate of drug-likeness (QED) is 0.237. The molecule has 0 aromatic heterocycles. The molecule has 0 radical (unpaired) electrons. The Morgan fingerprint density at radius 1 is 1.28 bits per heavy atom. The molecule has 2 bridgehead atoms. The van der Waals surface area contributed by atoms with Crippen LogP contribution in [0.15, 0.2) is 41.3 Å². The van der Waals surface area contributed by atoms with E-state index in [9.17, 15) is 14.9 Å². The van der Waals surface area contributed by atoms with Crippen LogP contribution in [0.5, 0.6) is 0 Å². The highest BCUT2D eigenvalue weighted by molar-refractivity contribution is 8.00. The van der Waals surface area contributed by atoms with Crippen LogP contribution < -0.4 is 16.2 Å². The number of hydrogen-bond acceptors (Lipinski definition) is 5. The summed E-state index contributed by atoms with van der Waals surface area (Å²) in [5.74, 6) is 0.893. The number of para-hydroxylation sites is 1. The lowest BCUT2D eigenvalue weighted by atomic mass is 10.0. The predicted octanol–water partition coefficient (Wildman–Crippen LogP) is 2.15. The zero-order valence-corrected chi connectivity index (χ0v) is 14.9. The largest absolute Gasteiger partial charge is 0.358 e. The minimum Gasteiger partial charge on any atom is -0.358 e. The zero-order chi connectivity index (χ0) is 17.8. The Bertz CT molecular complexity index is 725. The number of hydrogen-bond donors (Lipinski definition) is 3. The summed E-state index contributed by atoms with van der Waals surface area (Å²) in [6.45, 7) is 0. The van der Waals surface area contributed by atoms with Gasteiger partial charge in [-0.1, -0.05) is 24.3 Å². The Kier molecular flexibility index (Phi) is 5.54. The van der Waals surface area contributed by atoms with E-state index >= 15 is 0 Å². The molecule has 132 valence electrons. The zero-order valence-electron chi connectivity index (χ0n) is 13.3. The van der Waals surface area contributed by atoms with Gasteiger partial charge in [-0.2, -0.15) is 0 Å². The van der Waals surface area contributed by atoms with Gasteiger partial charge in [0.2, 0.25) is 5.91 Å². The molecule has 2 aliphatic rings. The van der Waals surface area contributed by atoms with Gasteiger partial charge in [0.05, 0.1) is 15.6 Å². The smallest absolute Gasteiger partial charge is 0.282 e. The third kappa shape index (κ3) is 4.49. The standard InChI is InChI=1S/C16H18N4O3S2/c21-15(9-25-14-4-2-1-3-13(14)20(22)23)18-19-16(24)17-12-8-10-5-6-11(12)7-10/h1-6,10-12H,7-9H2,(H,18,21)(H2,17,19,24)/t10-,11+,12-/m0/s1. The monoisotopic (exact) mass is 378 g/mol. The van der Waals surface area contributed by atoms with E-state index in [0.717, 1.165) is 18.2 Å². The highest BCUT2D eigenvalue weighted by atomic mass is 32.2. The molecule has 0 aliphatic heterocycles. The number of nitrogens with zero attached hydrogens (tertiary/aromatic N) is 1. The van der Waals surface area contributed by atoms with Gasteiger partial charge in [0, 0.05) is 12.1 Å². The van der Waals surface area contributed by atoms with Crippen LogP contribution in [0.25, 0.3) is 0 Å². The first-order chi connectivity index (χ1) is 12.0. The Morgan fingerprint density at radius 2 is 2.08 bits per heavy atom. The van der Waals surface area contributed by atoms with Gasteiger partial charge in [-0.3, -0.25) is 25.8 Å². The summed E-state index contributed by atoms with van der Waals surface area (Å²) in [5.41, 5.74) is 5.21. The van der Waals surface area contributed by atoms with Gasteiger partial charge in [-0.25, -0.2) is 0 Å². The van der Waals surface area contributed by atoms with Crippen molar-refractivity contribution in [3.63, 3.8) is 0 Å². The van der Waals surface area contributed by atoms with Crippen LogP contribution in [0.1, 0.15) is 12.8 Å². The number of nitrogens with one attached hydrogen (secondary N) is 3. The van der Waals surface area contributed by atoms with Crippen molar-refractivity contribution >= 4 is 40.7 Å². The molecule has 25 heavy (non-hydrogen) atoms. The van der Waals surface area contributed by atoms with Crippen molar-refractivity contribution in [3.8, 4) is 0 Å². The first kappa shape index (κ1) is 17.7. The van der Waals surface area contributed by atoms with Gasteiger partial charge < -0.3 is 5.32 Å². The lowest BCUT2D eigenvalue weighted by Gasteiger charge is -2.21. The molecule has 3 rings (SSSR count). The molecule has 3 N–H and O–H groups in total. The normalized spacial score (nSPS) is 23.3. The highest BCUT2D eigenvalue weighted by Crippen LogP contribution is 2.38. The van der Waals surface area contributed by atoms with Gasteiger partial charge >= 0.3 is 0 Å². The molecule has 1 fully saturated rings. The molecule has 9 heteroatoms. The molecule has 7 nitrogen and oxygen atoms in total. The van der Waals surface area contributed by atoms with Crippen molar-refractivity contribution in [2.75, 3.05) is 5.75 Å². The van der Waals surface area contributed by atoms with E-state index in [-0.39, 0.29) is 17.3 Å². The summed E-state index contributed by atoms with van der Waals surface area (Å²) in [4.78, 5) is 22.9. The second-order valence-electron chi connectivity index (χ2n) is 6.05.